The topological polar surface area (TPSA) is 45.6 Å². The van der Waals surface area contributed by atoms with Crippen LogP contribution in [0.5, 0.6) is 5.75 Å². The molecule has 3 rings (SSSR count). The molecule has 0 spiro atoms. The summed E-state index contributed by atoms with van der Waals surface area (Å²) in [7, 11) is 0. The highest BCUT2D eigenvalue weighted by molar-refractivity contribution is 5.82. The highest BCUT2D eigenvalue weighted by Crippen LogP contribution is 2.41. The van der Waals surface area contributed by atoms with Crippen LogP contribution in [0.15, 0.2) is 29.3 Å². The van der Waals surface area contributed by atoms with Gasteiger partial charge in [0.2, 0.25) is 0 Å². The molecule has 4 heteroatoms. The molecule has 1 aliphatic carbocycles. The first-order chi connectivity index (χ1) is 9.26. The average Bonchev–Trinajstić information content (AvgIpc) is 3.05. The van der Waals surface area contributed by atoms with Crippen molar-refractivity contribution in [1.82, 2.24) is 10.6 Å². The number of benzene rings is 1. The third-order valence-electron chi connectivity index (χ3n) is 3.64. The summed E-state index contributed by atoms with van der Waals surface area (Å²) in [5.41, 5.74) is 1.38. The summed E-state index contributed by atoms with van der Waals surface area (Å²) in [5, 5.41) is 6.82. The van der Waals surface area contributed by atoms with Crippen molar-refractivity contribution in [1.29, 1.82) is 0 Å². The van der Waals surface area contributed by atoms with E-state index < -0.39 is 0 Å². The fourth-order valence-electron chi connectivity index (χ4n) is 2.52. The second-order valence-corrected chi connectivity index (χ2v) is 5.33. The molecule has 2 N–H and O–H groups in total. The molecule has 1 aromatic carbocycles. The first-order valence-electron chi connectivity index (χ1n) is 7.06. The zero-order valence-electron chi connectivity index (χ0n) is 11.5. The molecule has 1 aromatic rings. The maximum atomic E-state index is 5.46. The van der Waals surface area contributed by atoms with E-state index in [1.165, 1.54) is 12.0 Å². The van der Waals surface area contributed by atoms with E-state index in [1.54, 1.807) is 0 Å². The number of guanidine groups is 1. The van der Waals surface area contributed by atoms with Crippen LogP contribution in [-0.2, 0) is 0 Å². The van der Waals surface area contributed by atoms with Crippen molar-refractivity contribution in [3.63, 3.8) is 0 Å². The van der Waals surface area contributed by atoms with Crippen molar-refractivity contribution >= 4 is 5.96 Å². The molecule has 0 aromatic heterocycles. The summed E-state index contributed by atoms with van der Waals surface area (Å²) in [4.78, 5) is 4.44. The molecule has 19 heavy (non-hydrogen) atoms. The Morgan fingerprint density at radius 3 is 2.79 bits per heavy atom. The Kier molecular flexibility index (Phi) is 3.32. The molecule has 1 aliphatic heterocycles. The Morgan fingerprint density at radius 2 is 2.16 bits per heavy atom. The monoisotopic (exact) mass is 259 g/mol. The van der Waals surface area contributed by atoms with E-state index >= 15 is 0 Å². The SMILES string of the molecule is CCOc1ccc([C@@H]2C[C@H]2NC2=NCC(C)N2)cc1. The minimum atomic E-state index is 0.463. The maximum absolute atomic E-state index is 5.46. The predicted molar refractivity (Wildman–Crippen MR) is 76.8 cm³/mol. The van der Waals surface area contributed by atoms with Gasteiger partial charge in [-0.1, -0.05) is 12.1 Å². The smallest absolute Gasteiger partial charge is 0.191 e. The Labute approximate surface area is 114 Å². The van der Waals surface area contributed by atoms with Gasteiger partial charge in [-0.25, -0.2) is 0 Å². The number of hydrogen-bond acceptors (Lipinski definition) is 4. The second-order valence-electron chi connectivity index (χ2n) is 5.33. The van der Waals surface area contributed by atoms with Gasteiger partial charge in [0.1, 0.15) is 5.75 Å². The van der Waals surface area contributed by atoms with Crippen LogP contribution in [0, 0.1) is 0 Å². The fourth-order valence-corrected chi connectivity index (χ4v) is 2.52. The molecule has 4 nitrogen and oxygen atoms in total. The molecule has 1 saturated carbocycles. The molecule has 0 radical (unpaired) electrons. The van der Waals surface area contributed by atoms with Crippen molar-refractivity contribution in [2.45, 2.75) is 38.3 Å². The van der Waals surface area contributed by atoms with Gasteiger partial charge in [-0.2, -0.15) is 0 Å². The summed E-state index contributed by atoms with van der Waals surface area (Å²) in [6.45, 7) is 5.75. The molecule has 102 valence electrons. The van der Waals surface area contributed by atoms with Crippen molar-refractivity contribution in [3.8, 4) is 5.75 Å². The van der Waals surface area contributed by atoms with Crippen LogP contribution in [0.1, 0.15) is 31.7 Å². The predicted octanol–water partition coefficient (Wildman–Crippen LogP) is 1.88. The van der Waals surface area contributed by atoms with Crippen LogP contribution in [0.3, 0.4) is 0 Å². The minimum Gasteiger partial charge on any atom is -0.494 e. The van der Waals surface area contributed by atoms with Gasteiger partial charge in [0, 0.05) is 18.0 Å². The first kappa shape index (κ1) is 12.3. The van der Waals surface area contributed by atoms with Crippen molar-refractivity contribution in [2.75, 3.05) is 13.2 Å². The maximum Gasteiger partial charge on any atom is 0.191 e. The van der Waals surface area contributed by atoms with Crippen LogP contribution < -0.4 is 15.4 Å². The number of rotatable bonds is 4. The average molecular weight is 259 g/mol. The standard InChI is InChI=1S/C15H21N3O/c1-3-19-12-6-4-11(5-7-12)13-8-14(13)18-15-16-9-10(2)17-15/h4-7,10,13-14H,3,8-9H2,1-2H3,(H2,16,17,18)/t10?,13-,14+/m0/s1. The number of nitrogens with zero attached hydrogens (tertiary/aromatic N) is 1. The van der Waals surface area contributed by atoms with Gasteiger partial charge in [0.15, 0.2) is 5.96 Å². The normalized spacial score (nSPS) is 28.5. The Balaban J connectivity index is 1.54. The van der Waals surface area contributed by atoms with Gasteiger partial charge in [0.25, 0.3) is 0 Å². The summed E-state index contributed by atoms with van der Waals surface area (Å²) >= 11 is 0. The summed E-state index contributed by atoms with van der Waals surface area (Å²) in [5.74, 6) is 2.52. The Bertz CT molecular complexity index is 469. The zero-order valence-corrected chi connectivity index (χ0v) is 11.5. The van der Waals surface area contributed by atoms with Crippen molar-refractivity contribution in [3.05, 3.63) is 29.8 Å². The lowest BCUT2D eigenvalue weighted by Gasteiger charge is -2.09. The van der Waals surface area contributed by atoms with E-state index in [9.17, 15) is 0 Å². The van der Waals surface area contributed by atoms with Crippen molar-refractivity contribution < 1.29 is 4.74 Å². The minimum absolute atomic E-state index is 0.463. The molecule has 0 saturated heterocycles. The molecule has 0 amide bonds. The largest absolute Gasteiger partial charge is 0.494 e. The van der Waals surface area contributed by atoms with Gasteiger partial charge in [-0.15, -0.1) is 0 Å². The highest BCUT2D eigenvalue weighted by Gasteiger charge is 2.39. The molecule has 0 bridgehead atoms. The Morgan fingerprint density at radius 1 is 1.37 bits per heavy atom. The molecule has 1 heterocycles. The lowest BCUT2D eigenvalue weighted by Crippen LogP contribution is -2.39. The van der Waals surface area contributed by atoms with Crippen LogP contribution in [0.4, 0.5) is 0 Å². The van der Waals surface area contributed by atoms with E-state index in [4.69, 9.17) is 4.74 Å². The molecular weight excluding hydrogens is 238 g/mol. The zero-order chi connectivity index (χ0) is 13.2. The summed E-state index contributed by atoms with van der Waals surface area (Å²) < 4.78 is 5.46. The van der Waals surface area contributed by atoms with E-state index in [-0.39, 0.29) is 0 Å². The third-order valence-corrected chi connectivity index (χ3v) is 3.64. The quantitative estimate of drug-likeness (QED) is 0.868. The highest BCUT2D eigenvalue weighted by atomic mass is 16.5. The van der Waals surface area contributed by atoms with E-state index in [0.29, 0.717) is 18.0 Å². The third kappa shape index (κ3) is 2.83. The fraction of sp³-hybridized carbons (Fsp3) is 0.533. The van der Waals surface area contributed by atoms with Gasteiger partial charge in [-0.05, 0) is 38.0 Å². The molecule has 2 aliphatic rings. The van der Waals surface area contributed by atoms with Crippen molar-refractivity contribution in [2.24, 2.45) is 4.99 Å². The number of hydrogen-bond donors (Lipinski definition) is 2. The molecular formula is C15H21N3O. The van der Waals surface area contributed by atoms with Crippen LogP contribution in [-0.4, -0.2) is 31.2 Å². The lowest BCUT2D eigenvalue weighted by molar-refractivity contribution is 0.340. The summed E-state index contributed by atoms with van der Waals surface area (Å²) in [6, 6.07) is 9.44. The van der Waals surface area contributed by atoms with E-state index in [1.807, 2.05) is 6.92 Å². The summed E-state index contributed by atoms with van der Waals surface area (Å²) in [6.07, 6.45) is 1.18. The van der Waals surface area contributed by atoms with Gasteiger partial charge >= 0.3 is 0 Å². The van der Waals surface area contributed by atoms with Crippen LogP contribution >= 0.6 is 0 Å². The number of nitrogens with one attached hydrogen (secondary N) is 2. The molecule has 1 unspecified atom stereocenters. The first-order valence-corrected chi connectivity index (χ1v) is 7.06. The van der Waals surface area contributed by atoms with E-state index in [2.05, 4.69) is 46.8 Å². The van der Waals surface area contributed by atoms with Gasteiger partial charge in [-0.3, -0.25) is 4.99 Å². The Hall–Kier alpha value is -1.71. The van der Waals surface area contributed by atoms with Crippen LogP contribution in [0.25, 0.3) is 0 Å². The number of ether oxygens (including phenoxy) is 1. The lowest BCUT2D eigenvalue weighted by atomic mass is 10.1. The number of aliphatic imine (C=N–C) groups is 1. The van der Waals surface area contributed by atoms with Gasteiger partial charge in [0.05, 0.1) is 13.2 Å². The van der Waals surface area contributed by atoms with Gasteiger partial charge < -0.3 is 15.4 Å². The molecule has 3 atom stereocenters. The second kappa shape index (κ2) is 5.11. The van der Waals surface area contributed by atoms with E-state index in [0.717, 1.165) is 24.9 Å². The van der Waals surface area contributed by atoms with Crippen LogP contribution in [0.2, 0.25) is 0 Å². The molecule has 1 fully saturated rings.